The van der Waals surface area contributed by atoms with E-state index in [1.807, 2.05) is 0 Å². The quantitative estimate of drug-likeness (QED) is 0.799. The van der Waals surface area contributed by atoms with Crippen molar-refractivity contribution in [3.05, 3.63) is 30.1 Å². The van der Waals surface area contributed by atoms with Crippen LogP contribution in [0.5, 0.6) is 0 Å². The molecule has 4 aliphatic rings. The first-order valence-corrected chi connectivity index (χ1v) is 11.0. The van der Waals surface area contributed by atoms with Crippen LogP contribution in [0.1, 0.15) is 37.5 Å². The number of hydrogen-bond donors (Lipinski definition) is 0. The van der Waals surface area contributed by atoms with Gasteiger partial charge in [-0.3, -0.25) is 9.80 Å². The Bertz CT molecular complexity index is 855. The number of fused-ring (bicyclic) bond motifs is 5. The summed E-state index contributed by atoms with van der Waals surface area (Å²) in [5.74, 6) is 1.89. The molecule has 0 amide bonds. The third kappa shape index (κ3) is 2.38. The van der Waals surface area contributed by atoms with E-state index in [1.165, 1.54) is 37.0 Å². The molecule has 28 heavy (non-hydrogen) atoms. The fraction of sp³-hybridized carbons (Fsp3) is 0.682. The van der Waals surface area contributed by atoms with Gasteiger partial charge >= 0.3 is 0 Å². The highest BCUT2D eigenvalue weighted by Gasteiger charge is 2.59. The van der Waals surface area contributed by atoms with Crippen LogP contribution in [0.25, 0.3) is 11.0 Å². The molecule has 1 aromatic heterocycles. The average molecular weight is 383 g/mol. The molecule has 0 bridgehead atoms. The van der Waals surface area contributed by atoms with Crippen molar-refractivity contribution in [1.29, 1.82) is 0 Å². The molecule has 6 nitrogen and oxygen atoms in total. The summed E-state index contributed by atoms with van der Waals surface area (Å²) in [5, 5.41) is 0. The van der Waals surface area contributed by atoms with Gasteiger partial charge in [-0.15, -0.1) is 0 Å². The summed E-state index contributed by atoms with van der Waals surface area (Å²) in [6, 6.07) is 9.15. The number of para-hydroxylation sites is 2. The molecule has 150 valence electrons. The standard InChI is InChI=1S/C22H30N4O2/c1-2-7-19-18(6-1)23-21-20(24-9-13-27-14-10-24)17-5-3-4-8-22(17,26(19)21)25-11-15-28-16-12-25/h1-2,6-7,17,20H,3-5,8-16H2. The minimum atomic E-state index is 0.0520. The van der Waals surface area contributed by atoms with Crippen molar-refractivity contribution in [2.24, 2.45) is 5.92 Å². The van der Waals surface area contributed by atoms with Crippen LogP contribution in [0.4, 0.5) is 0 Å². The zero-order valence-corrected chi connectivity index (χ0v) is 16.6. The van der Waals surface area contributed by atoms with Crippen molar-refractivity contribution in [2.45, 2.75) is 37.4 Å². The third-order valence-corrected chi connectivity index (χ3v) is 7.52. The Balaban J connectivity index is 1.56. The SMILES string of the molecule is c1ccc2c(c1)nc1n2C2(N3CCOCC3)CCCCC2C1N1CCOCC1. The summed E-state index contributed by atoms with van der Waals surface area (Å²) in [6.07, 6.45) is 5.15. The van der Waals surface area contributed by atoms with Crippen molar-refractivity contribution in [1.82, 2.24) is 19.4 Å². The zero-order chi connectivity index (χ0) is 18.6. The topological polar surface area (TPSA) is 42.8 Å². The van der Waals surface area contributed by atoms with E-state index in [4.69, 9.17) is 14.5 Å². The van der Waals surface area contributed by atoms with Crippen molar-refractivity contribution in [3.63, 3.8) is 0 Å². The molecule has 4 heterocycles. The van der Waals surface area contributed by atoms with Gasteiger partial charge in [-0.1, -0.05) is 18.6 Å². The highest BCUT2D eigenvalue weighted by atomic mass is 16.5. The molecule has 3 fully saturated rings. The fourth-order valence-corrected chi connectivity index (χ4v) is 6.44. The van der Waals surface area contributed by atoms with Gasteiger partial charge in [0.1, 0.15) is 11.5 Å². The molecule has 1 saturated carbocycles. The Morgan fingerprint density at radius 2 is 1.68 bits per heavy atom. The van der Waals surface area contributed by atoms with Gasteiger partial charge in [0.05, 0.1) is 43.5 Å². The number of imidazole rings is 1. The third-order valence-electron chi connectivity index (χ3n) is 7.52. The lowest BCUT2D eigenvalue weighted by molar-refractivity contribution is -0.112. The van der Waals surface area contributed by atoms with Crippen LogP contribution < -0.4 is 0 Å². The Morgan fingerprint density at radius 1 is 0.929 bits per heavy atom. The summed E-state index contributed by atoms with van der Waals surface area (Å²) >= 11 is 0. The lowest BCUT2D eigenvalue weighted by Crippen LogP contribution is -2.59. The Kier molecular flexibility index (Phi) is 4.22. The Hall–Kier alpha value is -1.47. The van der Waals surface area contributed by atoms with Crippen LogP contribution in [0.15, 0.2) is 24.3 Å². The Morgan fingerprint density at radius 3 is 2.50 bits per heavy atom. The second kappa shape index (κ2) is 6.80. The molecular formula is C22H30N4O2. The van der Waals surface area contributed by atoms with E-state index in [0.29, 0.717) is 12.0 Å². The minimum Gasteiger partial charge on any atom is -0.379 e. The normalized spacial score (nSPS) is 34.4. The van der Waals surface area contributed by atoms with Gasteiger partial charge in [-0.05, 0) is 31.4 Å². The van der Waals surface area contributed by atoms with E-state index in [1.54, 1.807) is 0 Å². The largest absolute Gasteiger partial charge is 0.379 e. The van der Waals surface area contributed by atoms with E-state index in [9.17, 15) is 0 Å². The van der Waals surface area contributed by atoms with Crippen molar-refractivity contribution in [3.8, 4) is 0 Å². The number of hydrogen-bond acceptors (Lipinski definition) is 5. The first-order valence-electron chi connectivity index (χ1n) is 11.0. The zero-order valence-electron chi connectivity index (χ0n) is 16.6. The maximum Gasteiger partial charge on any atom is 0.129 e. The number of rotatable bonds is 2. The first-order chi connectivity index (χ1) is 13.9. The van der Waals surface area contributed by atoms with Crippen LogP contribution in [-0.2, 0) is 15.1 Å². The van der Waals surface area contributed by atoms with E-state index in [0.717, 1.165) is 58.1 Å². The van der Waals surface area contributed by atoms with Gasteiger partial charge in [0.25, 0.3) is 0 Å². The summed E-state index contributed by atoms with van der Waals surface area (Å²) in [7, 11) is 0. The highest BCUT2D eigenvalue weighted by Crippen LogP contribution is 2.57. The van der Waals surface area contributed by atoms with Gasteiger partial charge in [-0.2, -0.15) is 0 Å². The van der Waals surface area contributed by atoms with Crippen LogP contribution in [0.3, 0.4) is 0 Å². The summed E-state index contributed by atoms with van der Waals surface area (Å²) < 4.78 is 14.1. The van der Waals surface area contributed by atoms with Gasteiger partial charge in [0.15, 0.2) is 0 Å². The van der Waals surface area contributed by atoms with Crippen molar-refractivity contribution >= 4 is 11.0 Å². The molecule has 3 atom stereocenters. The van der Waals surface area contributed by atoms with Crippen molar-refractivity contribution in [2.75, 3.05) is 52.6 Å². The van der Waals surface area contributed by atoms with E-state index in [2.05, 4.69) is 38.6 Å². The van der Waals surface area contributed by atoms with Crippen LogP contribution >= 0.6 is 0 Å². The maximum absolute atomic E-state index is 5.74. The fourth-order valence-electron chi connectivity index (χ4n) is 6.44. The van der Waals surface area contributed by atoms with Crippen LogP contribution in [0, 0.1) is 5.92 Å². The maximum atomic E-state index is 5.74. The number of ether oxygens (including phenoxy) is 2. The minimum absolute atomic E-state index is 0.0520. The highest BCUT2D eigenvalue weighted by molar-refractivity contribution is 5.77. The molecule has 3 aliphatic heterocycles. The average Bonchev–Trinajstić information content (AvgIpc) is 3.28. The summed E-state index contributed by atoms with van der Waals surface area (Å²) in [6.45, 7) is 7.46. The molecule has 2 saturated heterocycles. The summed E-state index contributed by atoms with van der Waals surface area (Å²) in [4.78, 5) is 10.7. The molecule has 0 radical (unpaired) electrons. The van der Waals surface area contributed by atoms with E-state index in [-0.39, 0.29) is 5.66 Å². The Labute approximate surface area is 166 Å². The smallest absolute Gasteiger partial charge is 0.129 e. The van der Waals surface area contributed by atoms with Crippen molar-refractivity contribution < 1.29 is 9.47 Å². The molecule has 2 aromatic rings. The number of morpholine rings is 2. The molecule has 1 aromatic carbocycles. The predicted molar refractivity (Wildman–Crippen MR) is 107 cm³/mol. The van der Waals surface area contributed by atoms with E-state index >= 15 is 0 Å². The predicted octanol–water partition coefficient (Wildman–Crippen LogP) is 2.60. The lowest BCUT2D eigenvalue weighted by Gasteiger charge is -2.52. The second-order valence-corrected chi connectivity index (χ2v) is 8.72. The van der Waals surface area contributed by atoms with Gasteiger partial charge in [0.2, 0.25) is 0 Å². The number of benzene rings is 1. The lowest BCUT2D eigenvalue weighted by atomic mass is 9.75. The molecule has 3 unspecified atom stereocenters. The van der Waals surface area contributed by atoms with Gasteiger partial charge in [0, 0.05) is 32.1 Å². The van der Waals surface area contributed by atoms with Crippen LogP contribution in [-0.4, -0.2) is 72.0 Å². The summed E-state index contributed by atoms with van der Waals surface area (Å²) in [5.41, 5.74) is 2.51. The number of aromatic nitrogens is 2. The van der Waals surface area contributed by atoms with Crippen LogP contribution in [0.2, 0.25) is 0 Å². The molecule has 6 heteroatoms. The number of nitrogens with zero attached hydrogens (tertiary/aromatic N) is 4. The molecule has 0 spiro atoms. The molecule has 0 N–H and O–H groups in total. The second-order valence-electron chi connectivity index (χ2n) is 8.72. The monoisotopic (exact) mass is 382 g/mol. The van der Waals surface area contributed by atoms with E-state index < -0.39 is 0 Å². The van der Waals surface area contributed by atoms with Gasteiger partial charge < -0.3 is 14.0 Å². The molecule has 6 rings (SSSR count). The molecule has 1 aliphatic carbocycles. The molecular weight excluding hydrogens is 352 g/mol. The van der Waals surface area contributed by atoms with Gasteiger partial charge in [-0.25, -0.2) is 4.98 Å². The first kappa shape index (κ1) is 17.4.